The fraction of sp³-hybridized carbons (Fsp3) is 0.500. The summed E-state index contributed by atoms with van der Waals surface area (Å²) >= 11 is 0. The highest BCUT2D eigenvalue weighted by Gasteiger charge is 2.15. The van der Waals surface area contributed by atoms with Crippen LogP contribution in [0, 0.1) is 19.7 Å². The Balaban J connectivity index is 2.37. The molecule has 0 unspecified atom stereocenters. The normalized spacial score (nSPS) is 16.4. The van der Waals surface area contributed by atoms with E-state index in [4.69, 9.17) is 0 Å². The summed E-state index contributed by atoms with van der Waals surface area (Å²) in [7, 11) is 0. The van der Waals surface area contributed by atoms with Crippen molar-refractivity contribution in [3.63, 3.8) is 0 Å². The van der Waals surface area contributed by atoms with Crippen LogP contribution >= 0.6 is 0 Å². The molecule has 0 N–H and O–H groups in total. The third-order valence-electron chi connectivity index (χ3n) is 2.92. The first-order valence-electron chi connectivity index (χ1n) is 5.20. The van der Waals surface area contributed by atoms with Crippen molar-refractivity contribution in [3.8, 4) is 0 Å². The third kappa shape index (κ3) is 1.61. The maximum Gasteiger partial charge on any atom is 0.126 e. The number of aryl methyl sites for hydroxylation is 2. The van der Waals surface area contributed by atoms with Gasteiger partial charge in [-0.2, -0.15) is 0 Å². The van der Waals surface area contributed by atoms with Gasteiger partial charge in [-0.15, -0.1) is 0 Å². The topological polar surface area (TPSA) is 3.24 Å². The lowest BCUT2D eigenvalue weighted by Gasteiger charge is -2.20. The Morgan fingerprint density at radius 2 is 1.71 bits per heavy atom. The highest BCUT2D eigenvalue weighted by molar-refractivity contribution is 5.55. The summed E-state index contributed by atoms with van der Waals surface area (Å²) in [6.45, 7) is 6.04. The average molecular weight is 193 g/mol. The van der Waals surface area contributed by atoms with E-state index in [0.29, 0.717) is 0 Å². The van der Waals surface area contributed by atoms with E-state index in [2.05, 4.69) is 4.90 Å². The summed E-state index contributed by atoms with van der Waals surface area (Å²) in [6.07, 6.45) is 2.52. The van der Waals surface area contributed by atoms with E-state index in [1.165, 1.54) is 18.5 Å². The second-order valence-corrected chi connectivity index (χ2v) is 4.08. The van der Waals surface area contributed by atoms with Crippen LogP contribution in [0.2, 0.25) is 0 Å². The predicted molar refractivity (Wildman–Crippen MR) is 57.3 cm³/mol. The summed E-state index contributed by atoms with van der Waals surface area (Å²) in [4.78, 5) is 2.35. The minimum atomic E-state index is -0.0922. The molecule has 0 bridgehead atoms. The van der Waals surface area contributed by atoms with Gasteiger partial charge in [0.25, 0.3) is 0 Å². The van der Waals surface area contributed by atoms with Gasteiger partial charge in [0.2, 0.25) is 0 Å². The molecule has 2 heteroatoms. The first-order chi connectivity index (χ1) is 6.68. The molecular formula is C12H16FN. The number of hydrogen-bond acceptors (Lipinski definition) is 1. The van der Waals surface area contributed by atoms with Gasteiger partial charge in [0, 0.05) is 18.8 Å². The van der Waals surface area contributed by atoms with Crippen LogP contribution in [0.4, 0.5) is 10.1 Å². The number of benzene rings is 1. The van der Waals surface area contributed by atoms with Crippen molar-refractivity contribution in [2.75, 3.05) is 18.0 Å². The Hall–Kier alpha value is -1.05. The molecule has 0 aromatic heterocycles. The molecule has 2 rings (SSSR count). The molecule has 0 amide bonds. The van der Waals surface area contributed by atoms with E-state index in [1.54, 1.807) is 6.07 Å². The summed E-state index contributed by atoms with van der Waals surface area (Å²) in [5.41, 5.74) is 3.01. The molecule has 1 aliphatic heterocycles. The molecule has 76 valence electrons. The monoisotopic (exact) mass is 193 g/mol. The lowest BCUT2D eigenvalue weighted by molar-refractivity contribution is 0.617. The number of hydrogen-bond donors (Lipinski definition) is 0. The molecule has 1 nitrogen and oxygen atoms in total. The van der Waals surface area contributed by atoms with Crippen molar-refractivity contribution in [1.82, 2.24) is 0 Å². The molecule has 0 atom stereocenters. The summed E-state index contributed by atoms with van der Waals surface area (Å²) in [6, 6.07) is 3.61. The van der Waals surface area contributed by atoms with Crippen molar-refractivity contribution < 1.29 is 4.39 Å². The van der Waals surface area contributed by atoms with Crippen LogP contribution in [0.25, 0.3) is 0 Å². The van der Waals surface area contributed by atoms with Crippen LogP contribution in [0.5, 0.6) is 0 Å². The van der Waals surface area contributed by atoms with Crippen LogP contribution in [0.15, 0.2) is 12.1 Å². The largest absolute Gasteiger partial charge is 0.371 e. The third-order valence-corrected chi connectivity index (χ3v) is 2.92. The van der Waals surface area contributed by atoms with Gasteiger partial charge in [0.1, 0.15) is 5.82 Å². The molecule has 0 aliphatic carbocycles. The first-order valence-corrected chi connectivity index (χ1v) is 5.20. The van der Waals surface area contributed by atoms with Crippen molar-refractivity contribution >= 4 is 5.69 Å². The van der Waals surface area contributed by atoms with Gasteiger partial charge in [-0.05, 0) is 49.9 Å². The Kier molecular flexibility index (Phi) is 2.44. The van der Waals surface area contributed by atoms with E-state index in [-0.39, 0.29) is 5.82 Å². The molecule has 0 radical (unpaired) electrons. The minimum Gasteiger partial charge on any atom is -0.371 e. The molecule has 1 heterocycles. The quantitative estimate of drug-likeness (QED) is 0.662. The van der Waals surface area contributed by atoms with E-state index in [9.17, 15) is 4.39 Å². The Morgan fingerprint density at radius 1 is 1.07 bits per heavy atom. The van der Waals surface area contributed by atoms with Gasteiger partial charge in [-0.3, -0.25) is 0 Å². The number of anilines is 1. The van der Waals surface area contributed by atoms with Gasteiger partial charge < -0.3 is 4.90 Å². The SMILES string of the molecule is Cc1cc(N2CCCC2)c(C)cc1F. The zero-order chi connectivity index (χ0) is 10.1. The molecule has 1 aliphatic rings. The van der Waals surface area contributed by atoms with Gasteiger partial charge in [0.15, 0.2) is 0 Å². The molecule has 1 fully saturated rings. The van der Waals surface area contributed by atoms with Crippen LogP contribution in [0.1, 0.15) is 24.0 Å². The van der Waals surface area contributed by atoms with Crippen LogP contribution in [-0.2, 0) is 0 Å². The van der Waals surface area contributed by atoms with Crippen molar-refractivity contribution in [2.45, 2.75) is 26.7 Å². The molecular weight excluding hydrogens is 177 g/mol. The van der Waals surface area contributed by atoms with Crippen molar-refractivity contribution in [2.24, 2.45) is 0 Å². The maximum absolute atomic E-state index is 13.2. The lowest BCUT2D eigenvalue weighted by atomic mass is 10.1. The van der Waals surface area contributed by atoms with E-state index >= 15 is 0 Å². The molecule has 1 aromatic carbocycles. The second-order valence-electron chi connectivity index (χ2n) is 4.08. The van der Waals surface area contributed by atoms with E-state index in [1.807, 2.05) is 19.9 Å². The van der Waals surface area contributed by atoms with Gasteiger partial charge >= 0.3 is 0 Å². The highest BCUT2D eigenvalue weighted by Crippen LogP contribution is 2.26. The maximum atomic E-state index is 13.2. The molecule has 1 saturated heterocycles. The Morgan fingerprint density at radius 3 is 2.36 bits per heavy atom. The first kappa shape index (κ1) is 9.50. The van der Waals surface area contributed by atoms with Gasteiger partial charge in [0.05, 0.1) is 0 Å². The van der Waals surface area contributed by atoms with Crippen LogP contribution in [0.3, 0.4) is 0 Å². The second kappa shape index (κ2) is 3.60. The molecule has 14 heavy (non-hydrogen) atoms. The zero-order valence-corrected chi connectivity index (χ0v) is 8.81. The van der Waals surface area contributed by atoms with Crippen molar-refractivity contribution in [3.05, 3.63) is 29.1 Å². The highest BCUT2D eigenvalue weighted by atomic mass is 19.1. The summed E-state index contributed by atoms with van der Waals surface area (Å²) in [5.74, 6) is -0.0922. The number of halogens is 1. The van der Waals surface area contributed by atoms with E-state index < -0.39 is 0 Å². The smallest absolute Gasteiger partial charge is 0.126 e. The molecule has 1 aromatic rings. The Bertz CT molecular complexity index is 340. The molecule has 0 saturated carbocycles. The fourth-order valence-electron chi connectivity index (χ4n) is 2.06. The summed E-state index contributed by atoms with van der Waals surface area (Å²) < 4.78 is 13.2. The Labute approximate surface area is 84.5 Å². The average Bonchev–Trinajstić information content (AvgIpc) is 2.64. The lowest BCUT2D eigenvalue weighted by Crippen LogP contribution is -2.18. The van der Waals surface area contributed by atoms with Crippen molar-refractivity contribution in [1.29, 1.82) is 0 Å². The van der Waals surface area contributed by atoms with E-state index in [0.717, 1.165) is 24.2 Å². The number of rotatable bonds is 1. The number of nitrogens with zero attached hydrogens (tertiary/aromatic N) is 1. The van der Waals surface area contributed by atoms with Gasteiger partial charge in [-0.25, -0.2) is 4.39 Å². The summed E-state index contributed by atoms with van der Waals surface area (Å²) in [5, 5.41) is 0. The fourth-order valence-corrected chi connectivity index (χ4v) is 2.06. The van der Waals surface area contributed by atoms with Crippen LogP contribution in [-0.4, -0.2) is 13.1 Å². The van der Waals surface area contributed by atoms with Crippen LogP contribution < -0.4 is 4.90 Å². The minimum absolute atomic E-state index is 0.0922. The predicted octanol–water partition coefficient (Wildman–Crippen LogP) is 3.04. The molecule has 0 spiro atoms. The zero-order valence-electron chi connectivity index (χ0n) is 8.81. The van der Waals surface area contributed by atoms with Gasteiger partial charge in [-0.1, -0.05) is 0 Å². The standard InChI is InChI=1S/C12H16FN/c1-9-8-12(10(2)7-11(9)13)14-5-3-4-6-14/h7-8H,3-6H2,1-2H3.